The molecule has 0 aliphatic rings. The van der Waals surface area contributed by atoms with Crippen LogP contribution in [0.3, 0.4) is 0 Å². The highest BCUT2D eigenvalue weighted by atomic mass is 127. The van der Waals surface area contributed by atoms with Gasteiger partial charge in [-0.25, -0.2) is 9.97 Å². The maximum atomic E-state index is 4.74. The summed E-state index contributed by atoms with van der Waals surface area (Å²) in [5.74, 6) is 1.71. The van der Waals surface area contributed by atoms with Gasteiger partial charge in [-0.3, -0.25) is 4.68 Å². The van der Waals surface area contributed by atoms with Crippen molar-refractivity contribution in [3.05, 3.63) is 21.2 Å². The second-order valence-electron chi connectivity index (χ2n) is 4.95. The summed E-state index contributed by atoms with van der Waals surface area (Å²) >= 11 is 2.33. The first-order valence-corrected chi connectivity index (χ1v) is 8.51. The van der Waals surface area contributed by atoms with Crippen LogP contribution in [0.15, 0.2) is 6.20 Å². The Kier molecular flexibility index (Phi) is 5.55. The van der Waals surface area contributed by atoms with Crippen molar-refractivity contribution in [3.63, 3.8) is 0 Å². The lowest BCUT2D eigenvalue weighted by atomic mass is 10.2. The first-order chi connectivity index (χ1) is 10.1. The van der Waals surface area contributed by atoms with Gasteiger partial charge in [0.1, 0.15) is 5.82 Å². The molecule has 5 nitrogen and oxygen atoms in total. The Labute approximate surface area is 139 Å². The van der Waals surface area contributed by atoms with Crippen molar-refractivity contribution in [2.45, 2.75) is 40.0 Å². The zero-order valence-electron chi connectivity index (χ0n) is 13.1. The number of anilines is 1. The maximum absolute atomic E-state index is 4.74. The molecule has 0 aliphatic heterocycles. The number of aryl methyl sites for hydroxylation is 3. The molecule has 1 N–H and O–H groups in total. The molecule has 2 rings (SSSR count). The Morgan fingerprint density at radius 3 is 2.48 bits per heavy atom. The number of nitrogens with one attached hydrogen (secondary N) is 1. The summed E-state index contributed by atoms with van der Waals surface area (Å²) in [6, 6.07) is 0. The van der Waals surface area contributed by atoms with E-state index in [1.807, 2.05) is 17.9 Å². The van der Waals surface area contributed by atoms with Crippen molar-refractivity contribution in [1.29, 1.82) is 0 Å². The number of hydrogen-bond acceptors (Lipinski definition) is 4. The van der Waals surface area contributed by atoms with E-state index in [0.29, 0.717) is 0 Å². The molecule has 21 heavy (non-hydrogen) atoms. The van der Waals surface area contributed by atoms with Gasteiger partial charge in [-0.1, -0.05) is 20.8 Å². The van der Waals surface area contributed by atoms with Crippen LogP contribution in [0.1, 0.15) is 38.6 Å². The van der Waals surface area contributed by atoms with Crippen LogP contribution in [0, 0.1) is 3.57 Å². The van der Waals surface area contributed by atoms with E-state index in [2.05, 4.69) is 53.8 Å². The topological polar surface area (TPSA) is 55.6 Å². The van der Waals surface area contributed by atoms with Gasteiger partial charge >= 0.3 is 0 Å². The van der Waals surface area contributed by atoms with E-state index in [9.17, 15) is 0 Å². The first kappa shape index (κ1) is 16.2. The Morgan fingerprint density at radius 2 is 1.86 bits per heavy atom. The molecule has 0 radical (unpaired) electrons. The van der Waals surface area contributed by atoms with Gasteiger partial charge in [0.05, 0.1) is 20.5 Å². The van der Waals surface area contributed by atoms with E-state index in [-0.39, 0.29) is 0 Å². The van der Waals surface area contributed by atoms with Crippen LogP contribution in [0.25, 0.3) is 11.4 Å². The van der Waals surface area contributed by atoms with Crippen molar-refractivity contribution in [2.24, 2.45) is 7.05 Å². The average Bonchev–Trinajstić information content (AvgIpc) is 2.87. The van der Waals surface area contributed by atoms with E-state index in [1.54, 1.807) is 0 Å². The van der Waals surface area contributed by atoms with Gasteiger partial charge in [0, 0.05) is 19.8 Å². The van der Waals surface area contributed by atoms with Crippen molar-refractivity contribution >= 4 is 28.4 Å². The molecule has 0 amide bonds. The number of aromatic nitrogens is 4. The van der Waals surface area contributed by atoms with Crippen LogP contribution in [0.4, 0.5) is 5.82 Å². The fourth-order valence-corrected chi connectivity index (χ4v) is 3.00. The second-order valence-corrected chi connectivity index (χ2v) is 6.03. The SMILES string of the molecule is CCCNc1nc(-c2cn(C)nc2CC)nc(CC)c1I. The Morgan fingerprint density at radius 1 is 1.14 bits per heavy atom. The Balaban J connectivity index is 2.52. The standard InChI is InChI=1S/C15H22IN5/c1-5-8-17-15-13(16)12(7-3)18-14(19-15)10-9-21(4)20-11(10)6-2/h9H,5-8H2,1-4H3,(H,17,18,19). The molecule has 2 heterocycles. The monoisotopic (exact) mass is 399 g/mol. The van der Waals surface area contributed by atoms with Crippen LogP contribution in [-0.2, 0) is 19.9 Å². The van der Waals surface area contributed by atoms with Gasteiger partial charge in [-0.05, 0) is 41.9 Å². The van der Waals surface area contributed by atoms with Crippen LogP contribution in [0.2, 0.25) is 0 Å². The minimum atomic E-state index is 0.774. The molecule has 0 saturated carbocycles. The molecule has 0 bridgehead atoms. The van der Waals surface area contributed by atoms with E-state index in [0.717, 1.165) is 58.0 Å². The molecule has 0 atom stereocenters. The lowest BCUT2D eigenvalue weighted by Crippen LogP contribution is -2.09. The number of nitrogens with zero attached hydrogens (tertiary/aromatic N) is 4. The highest BCUT2D eigenvalue weighted by molar-refractivity contribution is 14.1. The normalized spacial score (nSPS) is 10.9. The summed E-state index contributed by atoms with van der Waals surface area (Å²) in [5.41, 5.74) is 3.16. The smallest absolute Gasteiger partial charge is 0.165 e. The van der Waals surface area contributed by atoms with Gasteiger partial charge in [-0.15, -0.1) is 0 Å². The molecule has 114 valence electrons. The molecule has 0 aliphatic carbocycles. The lowest BCUT2D eigenvalue weighted by molar-refractivity contribution is 0.746. The predicted molar refractivity (Wildman–Crippen MR) is 94.5 cm³/mol. The zero-order chi connectivity index (χ0) is 15.4. The molecular formula is C15H22IN5. The summed E-state index contributed by atoms with van der Waals surface area (Å²) in [4.78, 5) is 9.47. The fourth-order valence-electron chi connectivity index (χ4n) is 2.19. The lowest BCUT2D eigenvalue weighted by Gasteiger charge is -2.11. The van der Waals surface area contributed by atoms with Crippen LogP contribution in [0.5, 0.6) is 0 Å². The molecule has 0 unspecified atom stereocenters. The van der Waals surface area contributed by atoms with Crippen molar-refractivity contribution in [1.82, 2.24) is 19.7 Å². The first-order valence-electron chi connectivity index (χ1n) is 7.43. The van der Waals surface area contributed by atoms with Gasteiger partial charge in [0.2, 0.25) is 0 Å². The molecule has 6 heteroatoms. The van der Waals surface area contributed by atoms with E-state index in [1.165, 1.54) is 0 Å². The summed E-state index contributed by atoms with van der Waals surface area (Å²) in [6.07, 6.45) is 4.86. The molecule has 0 saturated heterocycles. The third-order valence-corrected chi connectivity index (χ3v) is 4.41. The summed E-state index contributed by atoms with van der Waals surface area (Å²) in [7, 11) is 1.94. The van der Waals surface area contributed by atoms with E-state index < -0.39 is 0 Å². The largest absolute Gasteiger partial charge is 0.369 e. The van der Waals surface area contributed by atoms with Gasteiger partial charge in [-0.2, -0.15) is 5.10 Å². The van der Waals surface area contributed by atoms with Gasteiger partial charge in [0.15, 0.2) is 5.82 Å². The predicted octanol–water partition coefficient (Wildman–Crippen LogP) is 3.43. The van der Waals surface area contributed by atoms with Crippen LogP contribution >= 0.6 is 22.6 Å². The number of halogens is 1. The quantitative estimate of drug-likeness (QED) is 0.757. The van der Waals surface area contributed by atoms with Crippen molar-refractivity contribution in [3.8, 4) is 11.4 Å². The Hall–Kier alpha value is -1.18. The summed E-state index contributed by atoms with van der Waals surface area (Å²) in [5, 5.41) is 7.90. The zero-order valence-corrected chi connectivity index (χ0v) is 15.2. The Bertz CT molecular complexity index is 621. The molecule has 0 aromatic carbocycles. The fraction of sp³-hybridized carbons (Fsp3) is 0.533. The third kappa shape index (κ3) is 3.53. The highest BCUT2D eigenvalue weighted by Gasteiger charge is 2.16. The van der Waals surface area contributed by atoms with Gasteiger partial charge in [0.25, 0.3) is 0 Å². The second kappa shape index (κ2) is 7.20. The highest BCUT2D eigenvalue weighted by Crippen LogP contribution is 2.26. The van der Waals surface area contributed by atoms with E-state index in [4.69, 9.17) is 9.97 Å². The van der Waals surface area contributed by atoms with Crippen LogP contribution < -0.4 is 5.32 Å². The molecule has 2 aromatic heterocycles. The molecular weight excluding hydrogens is 377 g/mol. The van der Waals surface area contributed by atoms with Gasteiger partial charge < -0.3 is 5.32 Å². The molecule has 2 aromatic rings. The third-order valence-electron chi connectivity index (χ3n) is 3.28. The number of hydrogen-bond donors (Lipinski definition) is 1. The maximum Gasteiger partial charge on any atom is 0.165 e. The number of rotatable bonds is 6. The van der Waals surface area contributed by atoms with Crippen LogP contribution in [-0.4, -0.2) is 26.3 Å². The summed E-state index contributed by atoms with van der Waals surface area (Å²) in [6.45, 7) is 7.31. The molecule has 0 fully saturated rings. The minimum Gasteiger partial charge on any atom is -0.369 e. The van der Waals surface area contributed by atoms with Crippen molar-refractivity contribution < 1.29 is 0 Å². The van der Waals surface area contributed by atoms with Crippen molar-refractivity contribution in [2.75, 3.05) is 11.9 Å². The van der Waals surface area contributed by atoms with E-state index >= 15 is 0 Å². The summed E-state index contributed by atoms with van der Waals surface area (Å²) < 4.78 is 2.95. The average molecular weight is 399 g/mol. The molecule has 0 spiro atoms. The minimum absolute atomic E-state index is 0.774.